The van der Waals surface area contributed by atoms with E-state index in [0.29, 0.717) is 5.69 Å². The summed E-state index contributed by atoms with van der Waals surface area (Å²) in [6.07, 6.45) is 7.98. The van der Waals surface area contributed by atoms with Gasteiger partial charge in [-0.3, -0.25) is 4.98 Å². The number of nitrogens with zero attached hydrogens (tertiary/aromatic N) is 2. The van der Waals surface area contributed by atoms with Gasteiger partial charge in [0.1, 0.15) is 0 Å². The number of alkyl halides is 3. The Morgan fingerprint density at radius 1 is 0.508 bits per heavy atom. The summed E-state index contributed by atoms with van der Waals surface area (Å²) in [5.41, 5.74) is 12.0. The number of halogens is 3. The van der Waals surface area contributed by atoms with Gasteiger partial charge in [0, 0.05) is 17.3 Å². The first-order chi connectivity index (χ1) is 28.9. The van der Waals surface area contributed by atoms with Crippen LogP contribution in [0.4, 0.5) is 13.2 Å². The van der Waals surface area contributed by atoms with Crippen LogP contribution in [-0.2, 0) is 6.18 Å². The summed E-state index contributed by atoms with van der Waals surface area (Å²) in [5.74, 6) is 0. The number of hydrogen-bond acceptors (Lipinski definition) is 1. The number of fused-ring (bicyclic) bond motifs is 6. The normalized spacial score (nSPS) is 14.4. The van der Waals surface area contributed by atoms with Crippen LogP contribution >= 0.6 is 0 Å². The van der Waals surface area contributed by atoms with Gasteiger partial charge in [0.15, 0.2) is 0 Å². The number of hydrogen-bond donors (Lipinski definition) is 0. The van der Waals surface area contributed by atoms with Crippen LogP contribution in [0.5, 0.6) is 0 Å². The summed E-state index contributed by atoms with van der Waals surface area (Å²) in [5, 5.41) is 8.28. The lowest BCUT2D eigenvalue weighted by molar-refractivity contribution is -0.137. The second-order valence-corrected chi connectivity index (χ2v) is 15.6. The van der Waals surface area contributed by atoms with Crippen LogP contribution in [0.1, 0.15) is 47.9 Å². The maximum atomic E-state index is 13.8. The predicted octanol–water partition coefficient (Wildman–Crippen LogP) is 13.1. The molecule has 0 fully saturated rings. The summed E-state index contributed by atoms with van der Waals surface area (Å²) >= 11 is 0. The third-order valence-electron chi connectivity index (χ3n) is 12.2. The highest BCUT2D eigenvalue weighted by molar-refractivity contribution is 6.19. The third kappa shape index (κ3) is 5.83. The van der Waals surface area contributed by atoms with Gasteiger partial charge in [-0.15, -0.1) is 0 Å². The highest BCUT2D eigenvalue weighted by atomic mass is 19.4. The largest absolute Gasteiger partial charge is 0.416 e. The average molecular weight is 771 g/mol. The van der Waals surface area contributed by atoms with E-state index in [2.05, 4.69) is 127 Å². The first kappa shape index (κ1) is 35.2. The molecule has 0 aliphatic heterocycles. The van der Waals surface area contributed by atoms with E-state index in [4.69, 9.17) is 4.98 Å². The zero-order valence-corrected chi connectivity index (χ0v) is 32.1. The van der Waals surface area contributed by atoms with Gasteiger partial charge in [0.25, 0.3) is 0 Å². The minimum atomic E-state index is -4.45. The van der Waals surface area contributed by atoms with Gasteiger partial charge in [-0.05, 0) is 151 Å². The van der Waals surface area contributed by atoms with Gasteiger partial charge in [0.05, 0.1) is 22.1 Å². The van der Waals surface area contributed by atoms with Crippen molar-refractivity contribution in [2.45, 2.75) is 31.9 Å². The number of pyridine rings is 1. The number of aromatic nitrogens is 2. The molecule has 9 aromatic rings. The molecule has 2 aliphatic carbocycles. The topological polar surface area (TPSA) is 17.8 Å². The third-order valence-corrected chi connectivity index (χ3v) is 12.2. The Bertz CT molecular complexity index is 3320. The van der Waals surface area contributed by atoms with Crippen molar-refractivity contribution in [1.82, 2.24) is 9.55 Å². The Morgan fingerprint density at radius 2 is 1.19 bits per heavy atom. The van der Waals surface area contributed by atoms with Gasteiger partial charge in [-0.2, -0.15) is 13.2 Å². The molecule has 59 heavy (non-hydrogen) atoms. The van der Waals surface area contributed by atoms with Crippen molar-refractivity contribution < 1.29 is 13.2 Å². The van der Waals surface area contributed by atoms with Crippen LogP contribution in [0.15, 0.2) is 176 Å². The summed E-state index contributed by atoms with van der Waals surface area (Å²) in [4.78, 5) is 4.76. The molecule has 0 atom stereocenters. The summed E-state index contributed by atoms with van der Waals surface area (Å²) < 4.78 is 43.4. The lowest BCUT2D eigenvalue weighted by Gasteiger charge is -2.23. The fourth-order valence-corrected chi connectivity index (χ4v) is 9.66. The maximum absolute atomic E-state index is 13.8. The van der Waals surface area contributed by atoms with E-state index < -0.39 is 11.7 Å². The molecular formula is C54H37F3N2. The van der Waals surface area contributed by atoms with Crippen LogP contribution in [0.2, 0.25) is 0 Å². The Balaban J connectivity index is 1.13. The highest BCUT2D eigenvalue weighted by Gasteiger charge is 2.31. The van der Waals surface area contributed by atoms with Crippen molar-refractivity contribution in [3.8, 4) is 16.8 Å². The molecule has 2 heterocycles. The Kier molecular flexibility index (Phi) is 8.26. The van der Waals surface area contributed by atoms with Gasteiger partial charge in [0.2, 0.25) is 0 Å². The summed E-state index contributed by atoms with van der Waals surface area (Å²) in [7, 11) is 0. The van der Waals surface area contributed by atoms with Crippen molar-refractivity contribution in [3.63, 3.8) is 0 Å². The molecule has 0 radical (unpaired) electrons. The van der Waals surface area contributed by atoms with Crippen LogP contribution < -0.4 is 10.4 Å². The van der Waals surface area contributed by atoms with E-state index in [1.807, 2.05) is 22.8 Å². The molecule has 0 bridgehead atoms. The van der Waals surface area contributed by atoms with Crippen LogP contribution in [0.25, 0.3) is 77.0 Å². The SMILES string of the molecule is FC(F)(F)c1cccc(-n2c3ccc(C4=c5ccccc5=C(c5c6ccccc6c(-c6cccc(C7=CCCC=C7)c6)c6ccccc56)CC4)cc3c3ncccc32)c1. The second kappa shape index (κ2) is 13.8. The van der Waals surface area contributed by atoms with Crippen molar-refractivity contribution in [2.24, 2.45) is 0 Å². The zero-order valence-electron chi connectivity index (χ0n) is 32.1. The van der Waals surface area contributed by atoms with Crippen molar-refractivity contribution >= 4 is 60.2 Å². The summed E-state index contributed by atoms with van der Waals surface area (Å²) in [6, 6.07) is 51.1. The first-order valence-electron chi connectivity index (χ1n) is 20.2. The molecule has 0 saturated heterocycles. The highest BCUT2D eigenvalue weighted by Crippen LogP contribution is 2.44. The number of allylic oxidation sites excluding steroid dienone is 4. The van der Waals surface area contributed by atoms with Crippen molar-refractivity contribution in [2.75, 3.05) is 0 Å². The predicted molar refractivity (Wildman–Crippen MR) is 237 cm³/mol. The van der Waals surface area contributed by atoms with Crippen molar-refractivity contribution in [3.05, 3.63) is 209 Å². The standard InChI is InChI=1S/C54H37F3N2/c55-54(56,57)38-17-11-18-39(33-38)59-49-29-26-36(32-48(49)53-50(59)25-12-30-58-53)40-27-28-47(42-20-5-4-19-41(40)42)52-45-23-8-6-21-43(45)51(44-22-7-9-24-46(44)52)37-16-10-15-35(31-37)34-13-2-1-3-14-34/h2,4-26,29-33H,1,3,27-28H2. The Morgan fingerprint density at radius 3 is 1.92 bits per heavy atom. The van der Waals surface area contributed by atoms with Gasteiger partial charge >= 0.3 is 6.18 Å². The van der Waals surface area contributed by atoms with E-state index in [1.165, 1.54) is 83.1 Å². The molecule has 5 heteroatoms. The zero-order chi connectivity index (χ0) is 39.7. The summed E-state index contributed by atoms with van der Waals surface area (Å²) in [6.45, 7) is 0. The molecule has 0 amide bonds. The number of rotatable bonds is 5. The van der Waals surface area contributed by atoms with Crippen LogP contribution in [-0.4, -0.2) is 9.55 Å². The molecule has 0 unspecified atom stereocenters. The minimum absolute atomic E-state index is 0.451. The molecule has 2 aliphatic rings. The lowest BCUT2D eigenvalue weighted by Crippen LogP contribution is -2.32. The van der Waals surface area contributed by atoms with Crippen LogP contribution in [0.3, 0.4) is 0 Å². The van der Waals surface area contributed by atoms with E-state index in [9.17, 15) is 13.2 Å². The molecule has 2 nitrogen and oxygen atoms in total. The monoisotopic (exact) mass is 770 g/mol. The van der Waals surface area contributed by atoms with Gasteiger partial charge in [-0.1, -0.05) is 121 Å². The smallest absolute Gasteiger partial charge is 0.308 e. The second-order valence-electron chi connectivity index (χ2n) is 15.6. The minimum Gasteiger partial charge on any atom is -0.308 e. The van der Waals surface area contributed by atoms with E-state index in [-0.39, 0.29) is 0 Å². The fourth-order valence-electron chi connectivity index (χ4n) is 9.66. The molecule has 7 aromatic carbocycles. The van der Waals surface area contributed by atoms with Crippen molar-refractivity contribution in [1.29, 1.82) is 0 Å². The quantitative estimate of drug-likeness (QED) is 0.159. The Hall–Kier alpha value is -6.98. The lowest BCUT2D eigenvalue weighted by atomic mass is 9.81. The average Bonchev–Trinajstić information content (AvgIpc) is 3.62. The molecule has 0 spiro atoms. The number of benzene rings is 7. The van der Waals surface area contributed by atoms with E-state index in [1.54, 1.807) is 12.3 Å². The van der Waals surface area contributed by atoms with E-state index in [0.717, 1.165) is 59.2 Å². The molecule has 0 saturated carbocycles. The van der Waals surface area contributed by atoms with Gasteiger partial charge in [-0.25, -0.2) is 0 Å². The molecule has 11 rings (SSSR count). The first-order valence-corrected chi connectivity index (χ1v) is 20.2. The molecule has 284 valence electrons. The Labute approximate surface area is 339 Å². The maximum Gasteiger partial charge on any atom is 0.416 e. The molecule has 2 aromatic heterocycles. The van der Waals surface area contributed by atoms with Crippen LogP contribution in [0, 0.1) is 0 Å². The van der Waals surface area contributed by atoms with Gasteiger partial charge < -0.3 is 4.57 Å². The molecular weight excluding hydrogens is 734 g/mol. The fraction of sp³-hybridized carbons (Fsp3) is 0.0926. The molecule has 0 N–H and O–H groups in total. The van der Waals surface area contributed by atoms with E-state index >= 15 is 0 Å².